The van der Waals surface area contributed by atoms with Crippen molar-refractivity contribution in [3.63, 3.8) is 0 Å². The summed E-state index contributed by atoms with van der Waals surface area (Å²) in [5.41, 5.74) is 6.29. The third-order valence-electron chi connectivity index (χ3n) is 2.31. The number of carbonyl (C=O) groups excluding carboxylic acids is 1. The van der Waals surface area contributed by atoms with Gasteiger partial charge in [0.25, 0.3) is 0 Å². The molecule has 0 fully saturated rings. The van der Waals surface area contributed by atoms with Gasteiger partial charge in [0.15, 0.2) is 0 Å². The van der Waals surface area contributed by atoms with Crippen molar-refractivity contribution in [2.45, 2.75) is 45.8 Å². The predicted molar refractivity (Wildman–Crippen MR) is 78.5 cm³/mol. The molecule has 0 aliphatic rings. The third-order valence-corrected chi connectivity index (χ3v) is 2.64. The summed E-state index contributed by atoms with van der Waals surface area (Å²) in [7, 11) is 0. The average molecular weight is 285 g/mol. The molecule has 0 spiro atoms. The monoisotopic (exact) mass is 284 g/mol. The van der Waals surface area contributed by atoms with Gasteiger partial charge in [-0.1, -0.05) is 11.6 Å². The zero-order valence-corrected chi connectivity index (χ0v) is 12.8. The summed E-state index contributed by atoms with van der Waals surface area (Å²) in [5, 5.41) is 3.23. The molecule has 0 atom stereocenters. The minimum Gasteiger partial charge on any atom is -0.444 e. The SMILES string of the molecule is CC(C)(C)OC(=O)Nc1ccc(Cl)c(C(C)(C)N)c1. The van der Waals surface area contributed by atoms with E-state index in [2.05, 4.69) is 5.32 Å². The molecule has 19 heavy (non-hydrogen) atoms. The van der Waals surface area contributed by atoms with E-state index in [-0.39, 0.29) is 0 Å². The fourth-order valence-electron chi connectivity index (χ4n) is 1.52. The van der Waals surface area contributed by atoms with Crippen LogP contribution in [0.3, 0.4) is 0 Å². The van der Waals surface area contributed by atoms with Crippen molar-refractivity contribution >= 4 is 23.4 Å². The minimum atomic E-state index is -0.581. The van der Waals surface area contributed by atoms with Crippen LogP contribution in [0.4, 0.5) is 10.5 Å². The van der Waals surface area contributed by atoms with Gasteiger partial charge in [0, 0.05) is 16.2 Å². The van der Waals surface area contributed by atoms with E-state index < -0.39 is 17.2 Å². The van der Waals surface area contributed by atoms with Crippen molar-refractivity contribution in [1.82, 2.24) is 0 Å². The van der Waals surface area contributed by atoms with Crippen molar-refractivity contribution in [2.75, 3.05) is 5.32 Å². The Morgan fingerprint density at radius 3 is 2.32 bits per heavy atom. The zero-order chi connectivity index (χ0) is 14.8. The van der Waals surface area contributed by atoms with Crippen LogP contribution in [0.1, 0.15) is 40.2 Å². The lowest BCUT2D eigenvalue weighted by Gasteiger charge is -2.23. The van der Waals surface area contributed by atoms with E-state index in [0.29, 0.717) is 10.7 Å². The number of carbonyl (C=O) groups is 1. The molecule has 1 aromatic rings. The minimum absolute atomic E-state index is 0.504. The molecule has 0 aromatic heterocycles. The number of anilines is 1. The quantitative estimate of drug-likeness (QED) is 0.866. The van der Waals surface area contributed by atoms with Crippen LogP contribution < -0.4 is 11.1 Å². The standard InChI is InChI=1S/C14H21ClN2O2/c1-13(2,3)19-12(18)17-9-6-7-11(15)10(8-9)14(4,5)16/h6-8H,16H2,1-5H3,(H,17,18). The van der Waals surface area contributed by atoms with E-state index in [1.165, 1.54) is 0 Å². The lowest BCUT2D eigenvalue weighted by atomic mass is 9.95. The second-order valence-corrected chi connectivity index (χ2v) is 6.45. The van der Waals surface area contributed by atoms with Gasteiger partial charge >= 0.3 is 6.09 Å². The molecule has 1 rings (SSSR count). The molecule has 0 aliphatic carbocycles. The van der Waals surface area contributed by atoms with Crippen molar-refractivity contribution in [3.05, 3.63) is 28.8 Å². The first-order valence-corrected chi connectivity index (χ1v) is 6.46. The van der Waals surface area contributed by atoms with Crippen molar-refractivity contribution < 1.29 is 9.53 Å². The summed E-state index contributed by atoms with van der Waals surface area (Å²) < 4.78 is 5.18. The molecule has 4 nitrogen and oxygen atoms in total. The highest BCUT2D eigenvalue weighted by atomic mass is 35.5. The van der Waals surface area contributed by atoms with Gasteiger partial charge in [0.2, 0.25) is 0 Å². The Morgan fingerprint density at radius 2 is 1.84 bits per heavy atom. The molecule has 0 heterocycles. The molecule has 0 saturated carbocycles. The summed E-state index contributed by atoms with van der Waals surface area (Å²) in [6, 6.07) is 5.17. The molecule has 3 N–H and O–H groups in total. The fraction of sp³-hybridized carbons (Fsp3) is 0.500. The molecule has 1 amide bonds. The number of hydrogen-bond acceptors (Lipinski definition) is 3. The number of ether oxygens (including phenoxy) is 1. The van der Waals surface area contributed by atoms with E-state index >= 15 is 0 Å². The van der Waals surface area contributed by atoms with E-state index in [1.807, 2.05) is 34.6 Å². The van der Waals surface area contributed by atoms with E-state index in [4.69, 9.17) is 22.1 Å². The van der Waals surface area contributed by atoms with Gasteiger partial charge in [-0.05, 0) is 58.4 Å². The predicted octanol–water partition coefficient (Wildman–Crippen LogP) is 3.88. The molecule has 106 valence electrons. The summed E-state index contributed by atoms with van der Waals surface area (Å²) in [4.78, 5) is 11.7. The van der Waals surface area contributed by atoms with Crippen LogP contribution in [0.2, 0.25) is 5.02 Å². The Balaban J connectivity index is 2.89. The average Bonchev–Trinajstić information content (AvgIpc) is 2.16. The van der Waals surface area contributed by atoms with Gasteiger partial charge in [-0.15, -0.1) is 0 Å². The van der Waals surface area contributed by atoms with Crippen molar-refractivity contribution in [2.24, 2.45) is 5.73 Å². The van der Waals surface area contributed by atoms with Gasteiger partial charge in [-0.25, -0.2) is 4.79 Å². The van der Waals surface area contributed by atoms with Gasteiger partial charge in [0.1, 0.15) is 5.60 Å². The Bertz CT molecular complexity index is 473. The number of benzene rings is 1. The van der Waals surface area contributed by atoms with E-state index in [0.717, 1.165) is 5.56 Å². The van der Waals surface area contributed by atoms with Gasteiger partial charge in [-0.3, -0.25) is 5.32 Å². The number of nitrogens with one attached hydrogen (secondary N) is 1. The highest BCUT2D eigenvalue weighted by Gasteiger charge is 2.20. The summed E-state index contributed by atoms with van der Waals surface area (Å²) in [6.45, 7) is 9.13. The van der Waals surface area contributed by atoms with Crippen molar-refractivity contribution in [3.8, 4) is 0 Å². The van der Waals surface area contributed by atoms with Crippen LogP contribution in [0, 0.1) is 0 Å². The lowest BCUT2D eigenvalue weighted by Crippen LogP contribution is -2.30. The van der Waals surface area contributed by atoms with Crippen LogP contribution in [0.25, 0.3) is 0 Å². The Kier molecular flexibility index (Phi) is 4.48. The van der Waals surface area contributed by atoms with Crippen LogP contribution in [0.15, 0.2) is 18.2 Å². The van der Waals surface area contributed by atoms with Crippen LogP contribution in [-0.4, -0.2) is 11.7 Å². The topological polar surface area (TPSA) is 64.3 Å². The summed E-state index contributed by atoms with van der Waals surface area (Å²) in [5.74, 6) is 0. The highest BCUT2D eigenvalue weighted by Crippen LogP contribution is 2.28. The maximum absolute atomic E-state index is 11.7. The number of nitrogens with two attached hydrogens (primary N) is 1. The first kappa shape index (κ1) is 15.8. The van der Waals surface area contributed by atoms with Gasteiger partial charge in [-0.2, -0.15) is 0 Å². The number of rotatable bonds is 2. The molecular weight excluding hydrogens is 264 g/mol. The highest BCUT2D eigenvalue weighted by molar-refractivity contribution is 6.31. The number of hydrogen-bond donors (Lipinski definition) is 2. The van der Waals surface area contributed by atoms with Crippen molar-refractivity contribution in [1.29, 1.82) is 0 Å². The number of halogens is 1. The summed E-state index contributed by atoms with van der Waals surface area (Å²) in [6.07, 6.45) is -0.504. The molecule has 5 heteroatoms. The first-order chi connectivity index (χ1) is 8.49. The fourth-order valence-corrected chi connectivity index (χ4v) is 1.88. The molecule has 0 radical (unpaired) electrons. The molecule has 0 aliphatic heterocycles. The second kappa shape index (κ2) is 5.39. The lowest BCUT2D eigenvalue weighted by molar-refractivity contribution is 0.0636. The van der Waals surface area contributed by atoms with Crippen LogP contribution in [0.5, 0.6) is 0 Å². The van der Waals surface area contributed by atoms with Gasteiger partial charge < -0.3 is 10.5 Å². The normalized spacial score (nSPS) is 12.2. The van der Waals surface area contributed by atoms with E-state index in [1.54, 1.807) is 18.2 Å². The maximum Gasteiger partial charge on any atom is 0.412 e. The van der Waals surface area contributed by atoms with E-state index in [9.17, 15) is 4.79 Å². The molecule has 0 bridgehead atoms. The third kappa shape index (κ3) is 5.09. The summed E-state index contributed by atoms with van der Waals surface area (Å²) >= 11 is 6.10. The molecular formula is C14H21ClN2O2. The number of amides is 1. The zero-order valence-electron chi connectivity index (χ0n) is 12.0. The smallest absolute Gasteiger partial charge is 0.412 e. The van der Waals surface area contributed by atoms with Crippen LogP contribution >= 0.6 is 11.6 Å². The Labute approximate surface area is 119 Å². The largest absolute Gasteiger partial charge is 0.444 e. The molecule has 0 unspecified atom stereocenters. The second-order valence-electron chi connectivity index (χ2n) is 6.04. The van der Waals surface area contributed by atoms with Crippen LogP contribution in [-0.2, 0) is 10.3 Å². The molecule has 0 saturated heterocycles. The first-order valence-electron chi connectivity index (χ1n) is 6.08. The molecule has 1 aromatic carbocycles. The van der Waals surface area contributed by atoms with Gasteiger partial charge in [0.05, 0.1) is 0 Å². The Hall–Kier alpha value is -1.26. The Morgan fingerprint density at radius 1 is 1.26 bits per heavy atom. The maximum atomic E-state index is 11.7.